The van der Waals surface area contributed by atoms with Crippen LogP contribution in [0.4, 0.5) is 5.69 Å². The average Bonchev–Trinajstić information content (AvgIpc) is 2.25. The molecule has 4 nitrogen and oxygen atoms in total. The lowest BCUT2D eigenvalue weighted by molar-refractivity contribution is 0.105. The number of aromatic nitrogens is 1. The van der Waals surface area contributed by atoms with E-state index in [9.17, 15) is 0 Å². The second kappa shape index (κ2) is 7.20. The number of anilines is 1. The molecule has 0 spiro atoms. The third-order valence-electron chi connectivity index (χ3n) is 2.09. The van der Waals surface area contributed by atoms with Crippen LogP contribution in [0.25, 0.3) is 0 Å². The molecule has 0 aliphatic rings. The van der Waals surface area contributed by atoms with Crippen molar-refractivity contribution in [3.8, 4) is 0 Å². The van der Waals surface area contributed by atoms with Gasteiger partial charge in [-0.1, -0.05) is 0 Å². The number of hydrogen-bond acceptors (Lipinski definition) is 4. The van der Waals surface area contributed by atoms with Crippen LogP contribution in [0.1, 0.15) is 12.0 Å². The molecule has 0 atom stereocenters. The molecule has 1 heterocycles. The Morgan fingerprint density at radius 3 is 2.93 bits per heavy atom. The van der Waals surface area contributed by atoms with Crippen LogP contribution in [-0.2, 0) is 15.9 Å². The first-order chi connectivity index (χ1) is 7.34. The minimum Gasteiger partial charge on any atom is -0.398 e. The van der Waals surface area contributed by atoms with Gasteiger partial charge >= 0.3 is 0 Å². The highest BCUT2D eigenvalue weighted by molar-refractivity contribution is 5.44. The zero-order valence-electron chi connectivity index (χ0n) is 9.11. The van der Waals surface area contributed by atoms with Crippen LogP contribution < -0.4 is 5.73 Å². The Labute approximate surface area is 90.4 Å². The smallest absolute Gasteiger partial charge is 0.0507 e. The van der Waals surface area contributed by atoms with Gasteiger partial charge in [-0.25, -0.2) is 0 Å². The van der Waals surface area contributed by atoms with Gasteiger partial charge in [0.05, 0.1) is 6.61 Å². The van der Waals surface area contributed by atoms with Gasteiger partial charge in [0.2, 0.25) is 0 Å². The molecule has 0 saturated heterocycles. The minimum atomic E-state index is 0.680. The molecule has 1 aromatic rings. The number of pyridine rings is 1. The van der Waals surface area contributed by atoms with Crippen LogP contribution in [0.2, 0.25) is 0 Å². The molecule has 0 amide bonds. The van der Waals surface area contributed by atoms with Crippen molar-refractivity contribution in [2.45, 2.75) is 12.8 Å². The summed E-state index contributed by atoms with van der Waals surface area (Å²) < 4.78 is 10.3. The van der Waals surface area contributed by atoms with Gasteiger partial charge in [-0.15, -0.1) is 0 Å². The van der Waals surface area contributed by atoms with Crippen LogP contribution in [0.15, 0.2) is 18.5 Å². The van der Waals surface area contributed by atoms with Crippen molar-refractivity contribution in [1.29, 1.82) is 0 Å². The number of hydrogen-bond donors (Lipinski definition) is 1. The molecule has 0 fully saturated rings. The lowest BCUT2D eigenvalue weighted by Crippen LogP contribution is -2.04. The number of nitrogens with zero attached hydrogens (tertiary/aromatic N) is 1. The number of rotatable bonds is 7. The maximum absolute atomic E-state index is 5.77. The molecular formula is C11H18N2O2. The zero-order chi connectivity index (χ0) is 10.9. The summed E-state index contributed by atoms with van der Waals surface area (Å²) in [6, 6.07) is 1.81. The Kier molecular flexibility index (Phi) is 5.73. The Morgan fingerprint density at radius 2 is 2.20 bits per heavy atom. The van der Waals surface area contributed by atoms with Gasteiger partial charge in [0.1, 0.15) is 0 Å². The number of nitrogens with two attached hydrogens (primary N) is 1. The zero-order valence-corrected chi connectivity index (χ0v) is 9.11. The van der Waals surface area contributed by atoms with Gasteiger partial charge in [0.25, 0.3) is 0 Å². The van der Waals surface area contributed by atoms with Gasteiger partial charge < -0.3 is 15.2 Å². The van der Waals surface area contributed by atoms with Crippen molar-refractivity contribution < 1.29 is 9.47 Å². The van der Waals surface area contributed by atoms with Gasteiger partial charge in [0, 0.05) is 38.4 Å². The summed E-state index contributed by atoms with van der Waals surface area (Å²) >= 11 is 0. The SMILES string of the molecule is COCCCOCCc1cnccc1N. The largest absolute Gasteiger partial charge is 0.398 e. The van der Waals surface area contributed by atoms with Crippen molar-refractivity contribution in [1.82, 2.24) is 4.98 Å². The molecule has 0 aromatic carbocycles. The van der Waals surface area contributed by atoms with Gasteiger partial charge in [-0.2, -0.15) is 0 Å². The third kappa shape index (κ3) is 4.76. The summed E-state index contributed by atoms with van der Waals surface area (Å²) in [6.45, 7) is 2.16. The van der Waals surface area contributed by atoms with Crippen LogP contribution in [0.3, 0.4) is 0 Å². The van der Waals surface area contributed by atoms with Crippen molar-refractivity contribution >= 4 is 5.69 Å². The minimum absolute atomic E-state index is 0.680. The fourth-order valence-corrected chi connectivity index (χ4v) is 1.24. The number of ether oxygens (including phenoxy) is 2. The molecule has 84 valence electrons. The normalized spacial score (nSPS) is 10.5. The van der Waals surface area contributed by atoms with Crippen LogP contribution in [-0.4, -0.2) is 31.9 Å². The molecule has 0 unspecified atom stereocenters. The molecule has 4 heteroatoms. The van der Waals surface area contributed by atoms with E-state index in [2.05, 4.69) is 4.98 Å². The third-order valence-corrected chi connectivity index (χ3v) is 2.09. The summed E-state index contributed by atoms with van der Waals surface area (Å²) in [4.78, 5) is 4.02. The van der Waals surface area contributed by atoms with Crippen molar-refractivity contribution in [3.63, 3.8) is 0 Å². The van der Waals surface area contributed by atoms with E-state index >= 15 is 0 Å². The Hall–Kier alpha value is -1.13. The van der Waals surface area contributed by atoms with E-state index in [0.29, 0.717) is 6.61 Å². The molecule has 0 bridgehead atoms. The summed E-state index contributed by atoms with van der Waals surface area (Å²) in [5, 5.41) is 0. The van der Waals surface area contributed by atoms with E-state index in [0.717, 1.165) is 37.3 Å². The molecule has 0 saturated carbocycles. The summed E-state index contributed by atoms with van der Waals surface area (Å²) in [5.41, 5.74) is 7.60. The first-order valence-corrected chi connectivity index (χ1v) is 5.09. The van der Waals surface area contributed by atoms with Gasteiger partial charge in [-0.05, 0) is 24.5 Å². The van der Waals surface area contributed by atoms with E-state index < -0.39 is 0 Å². The molecule has 0 aliphatic carbocycles. The topological polar surface area (TPSA) is 57.4 Å². The Bertz CT molecular complexity index is 279. The van der Waals surface area contributed by atoms with E-state index in [-0.39, 0.29) is 0 Å². The molecule has 0 radical (unpaired) electrons. The molecule has 1 rings (SSSR count). The van der Waals surface area contributed by atoms with Crippen LogP contribution in [0, 0.1) is 0 Å². The Morgan fingerprint density at radius 1 is 1.33 bits per heavy atom. The monoisotopic (exact) mass is 210 g/mol. The van der Waals surface area contributed by atoms with Gasteiger partial charge in [0.15, 0.2) is 0 Å². The predicted molar refractivity (Wildman–Crippen MR) is 59.7 cm³/mol. The Balaban J connectivity index is 2.12. The first-order valence-electron chi connectivity index (χ1n) is 5.09. The molecule has 1 aromatic heterocycles. The van der Waals surface area contributed by atoms with Crippen LogP contribution in [0.5, 0.6) is 0 Å². The molecule has 0 aliphatic heterocycles. The quantitative estimate of drug-likeness (QED) is 0.688. The lowest BCUT2D eigenvalue weighted by atomic mass is 10.2. The highest BCUT2D eigenvalue weighted by atomic mass is 16.5. The molecular weight excluding hydrogens is 192 g/mol. The lowest BCUT2D eigenvalue weighted by Gasteiger charge is -2.05. The van der Waals surface area contributed by atoms with E-state index in [4.69, 9.17) is 15.2 Å². The van der Waals surface area contributed by atoms with E-state index in [1.165, 1.54) is 0 Å². The maximum Gasteiger partial charge on any atom is 0.0507 e. The highest BCUT2D eigenvalue weighted by Crippen LogP contribution is 2.08. The van der Waals surface area contributed by atoms with Crippen molar-refractivity contribution in [2.75, 3.05) is 32.7 Å². The summed E-state index contributed by atoms with van der Waals surface area (Å²) in [7, 11) is 1.69. The van der Waals surface area contributed by atoms with Crippen molar-refractivity contribution in [3.05, 3.63) is 24.0 Å². The maximum atomic E-state index is 5.77. The van der Waals surface area contributed by atoms with E-state index in [1.807, 2.05) is 0 Å². The van der Waals surface area contributed by atoms with Crippen LogP contribution >= 0.6 is 0 Å². The summed E-state index contributed by atoms with van der Waals surface area (Å²) in [6.07, 6.45) is 5.22. The standard InChI is InChI=1S/C11H18N2O2/c1-14-6-2-7-15-8-4-10-9-13-5-3-11(10)12/h3,5,9H,2,4,6-8H2,1H3,(H2,12,13). The number of nitrogen functional groups attached to an aromatic ring is 1. The average molecular weight is 210 g/mol. The van der Waals surface area contributed by atoms with Crippen molar-refractivity contribution in [2.24, 2.45) is 0 Å². The second-order valence-electron chi connectivity index (χ2n) is 3.28. The fourth-order valence-electron chi connectivity index (χ4n) is 1.24. The number of methoxy groups -OCH3 is 1. The summed E-state index contributed by atoms with van der Waals surface area (Å²) in [5.74, 6) is 0. The fraction of sp³-hybridized carbons (Fsp3) is 0.545. The predicted octanol–water partition coefficient (Wildman–Crippen LogP) is 1.26. The van der Waals surface area contributed by atoms with E-state index in [1.54, 1.807) is 25.6 Å². The highest BCUT2D eigenvalue weighted by Gasteiger charge is 1.98. The second-order valence-corrected chi connectivity index (χ2v) is 3.28. The molecule has 15 heavy (non-hydrogen) atoms. The van der Waals surface area contributed by atoms with Gasteiger partial charge in [-0.3, -0.25) is 4.98 Å². The molecule has 2 N–H and O–H groups in total. The first kappa shape index (κ1) is 11.9.